The van der Waals surface area contributed by atoms with Gasteiger partial charge >= 0.3 is 5.97 Å². The molecule has 0 unspecified atom stereocenters. The molecule has 12 heteroatoms. The number of rotatable bonds is 8. The molecule has 2 aromatic carbocycles. The van der Waals surface area contributed by atoms with Crippen LogP contribution >= 0.6 is 0 Å². The second-order valence-electron chi connectivity index (χ2n) is 10.6. The smallest absolute Gasteiger partial charge is 0.335 e. The van der Waals surface area contributed by atoms with Crippen molar-refractivity contribution in [3.05, 3.63) is 41.0 Å². The zero-order valence-corrected chi connectivity index (χ0v) is 22.5. The molecule has 12 nitrogen and oxygen atoms in total. The van der Waals surface area contributed by atoms with Gasteiger partial charge in [-0.25, -0.2) is 4.79 Å². The lowest BCUT2D eigenvalue weighted by molar-refractivity contribution is -0.271. The van der Waals surface area contributed by atoms with Crippen LogP contribution in [0.3, 0.4) is 0 Å². The van der Waals surface area contributed by atoms with Crippen LogP contribution in [0.25, 0.3) is 0 Å². The Morgan fingerprint density at radius 3 is 2.40 bits per heavy atom. The summed E-state index contributed by atoms with van der Waals surface area (Å²) in [5.74, 6) is 0.0588. The number of hydrogen-bond donors (Lipinski definition) is 5. The van der Waals surface area contributed by atoms with E-state index in [0.717, 1.165) is 12.0 Å². The van der Waals surface area contributed by atoms with Gasteiger partial charge in [0.05, 0.1) is 20.1 Å². The first-order valence-corrected chi connectivity index (χ1v) is 13.1. The summed E-state index contributed by atoms with van der Waals surface area (Å²) < 4.78 is 34.5. The van der Waals surface area contributed by atoms with Crippen LogP contribution in [0, 0.1) is 5.92 Å². The largest absolute Gasteiger partial charge is 0.493 e. The molecule has 2 aromatic rings. The fraction of sp³-hybridized carbons (Fsp3) is 0.536. The van der Waals surface area contributed by atoms with Crippen LogP contribution in [0.1, 0.15) is 49.0 Å². The first kappa shape index (κ1) is 28.2. The highest BCUT2D eigenvalue weighted by atomic mass is 16.7. The number of methoxy groups -OCH3 is 2. The van der Waals surface area contributed by atoms with Crippen LogP contribution in [-0.2, 0) is 16.0 Å². The molecule has 3 aliphatic rings. The molecule has 3 heterocycles. The van der Waals surface area contributed by atoms with Gasteiger partial charge in [0.25, 0.3) is 0 Å². The molecule has 0 radical (unpaired) electrons. The van der Waals surface area contributed by atoms with Crippen molar-refractivity contribution in [2.24, 2.45) is 5.92 Å². The van der Waals surface area contributed by atoms with E-state index in [1.54, 1.807) is 12.1 Å². The van der Waals surface area contributed by atoms with Gasteiger partial charge in [-0.3, -0.25) is 0 Å². The summed E-state index contributed by atoms with van der Waals surface area (Å²) in [5.41, 5.74) is 2.22. The summed E-state index contributed by atoms with van der Waals surface area (Å²) >= 11 is 0. The zero-order chi connectivity index (χ0) is 28.9. The van der Waals surface area contributed by atoms with Crippen LogP contribution < -0.4 is 23.7 Å². The van der Waals surface area contributed by atoms with Gasteiger partial charge in [-0.2, -0.15) is 0 Å². The molecule has 40 heavy (non-hydrogen) atoms. The third-order valence-electron chi connectivity index (χ3n) is 7.56. The van der Waals surface area contributed by atoms with E-state index in [4.69, 9.17) is 28.4 Å². The van der Waals surface area contributed by atoms with Gasteiger partial charge in [0.2, 0.25) is 18.3 Å². The van der Waals surface area contributed by atoms with Gasteiger partial charge in [-0.05, 0) is 36.5 Å². The Morgan fingerprint density at radius 2 is 1.75 bits per heavy atom. The van der Waals surface area contributed by atoms with Crippen molar-refractivity contribution >= 4 is 5.97 Å². The monoisotopic (exact) mass is 562 g/mol. The highest BCUT2D eigenvalue weighted by Gasteiger charge is 2.50. The Labute approximate surface area is 230 Å². The topological polar surface area (TPSA) is 174 Å². The predicted molar refractivity (Wildman–Crippen MR) is 137 cm³/mol. The molecular formula is C28H34O12. The second kappa shape index (κ2) is 10.9. The summed E-state index contributed by atoms with van der Waals surface area (Å²) in [4.78, 5) is 11.5. The van der Waals surface area contributed by atoms with Gasteiger partial charge in [0.15, 0.2) is 17.6 Å². The molecule has 0 aliphatic carbocycles. The molecule has 0 bridgehead atoms. The average molecular weight is 563 g/mol. The number of aliphatic hydroxyl groups excluding tert-OH is 4. The summed E-state index contributed by atoms with van der Waals surface area (Å²) in [6.45, 7) is 4.17. The quantitative estimate of drug-likeness (QED) is 0.314. The number of aryl methyl sites for hydroxylation is 1. The van der Waals surface area contributed by atoms with Gasteiger partial charge < -0.3 is 54.0 Å². The Hall–Kier alpha value is -3.29. The number of fused-ring (bicyclic) bond motifs is 5. The van der Waals surface area contributed by atoms with Gasteiger partial charge in [0, 0.05) is 17.2 Å². The third kappa shape index (κ3) is 4.79. The van der Waals surface area contributed by atoms with E-state index in [1.807, 2.05) is 6.07 Å². The summed E-state index contributed by atoms with van der Waals surface area (Å²) in [6.07, 6.45) is -9.30. The van der Waals surface area contributed by atoms with E-state index in [9.17, 15) is 30.3 Å². The maximum absolute atomic E-state index is 11.5. The highest BCUT2D eigenvalue weighted by molar-refractivity contribution is 5.73. The molecule has 3 aliphatic heterocycles. The number of carboxylic acids is 1. The van der Waals surface area contributed by atoms with Crippen molar-refractivity contribution in [3.8, 4) is 28.7 Å². The van der Waals surface area contributed by atoms with Crippen LogP contribution in [0.15, 0.2) is 24.3 Å². The molecule has 0 saturated carbocycles. The summed E-state index contributed by atoms with van der Waals surface area (Å²) in [5, 5.41) is 51.1. The van der Waals surface area contributed by atoms with Crippen molar-refractivity contribution in [1.29, 1.82) is 0 Å². The number of aliphatic carboxylic acids is 1. The summed E-state index contributed by atoms with van der Waals surface area (Å²) in [7, 11) is 3.03. The normalized spacial score (nSPS) is 30.4. The fourth-order valence-corrected chi connectivity index (χ4v) is 5.49. The Morgan fingerprint density at radius 1 is 1.00 bits per heavy atom. The van der Waals surface area contributed by atoms with Crippen LogP contribution in [0.4, 0.5) is 0 Å². The number of aliphatic hydroxyl groups is 4. The lowest BCUT2D eigenvalue weighted by atomic mass is 9.84. The van der Waals surface area contributed by atoms with Crippen LogP contribution in [-0.4, -0.2) is 82.7 Å². The van der Waals surface area contributed by atoms with Crippen molar-refractivity contribution in [3.63, 3.8) is 0 Å². The maximum Gasteiger partial charge on any atom is 0.335 e. The number of benzene rings is 2. The highest BCUT2D eigenvalue weighted by Crippen LogP contribution is 2.58. The third-order valence-corrected chi connectivity index (χ3v) is 7.56. The molecule has 5 N–H and O–H groups in total. The minimum absolute atomic E-state index is 0.148. The minimum atomic E-state index is -1.84. The van der Waals surface area contributed by atoms with E-state index in [0.29, 0.717) is 40.7 Å². The molecule has 0 aromatic heterocycles. The molecule has 0 amide bonds. The van der Waals surface area contributed by atoms with E-state index in [2.05, 4.69) is 13.8 Å². The lowest BCUT2D eigenvalue weighted by Gasteiger charge is -2.39. The number of hydrogen-bond acceptors (Lipinski definition) is 11. The van der Waals surface area contributed by atoms with Crippen LogP contribution in [0.5, 0.6) is 28.7 Å². The van der Waals surface area contributed by atoms with Crippen molar-refractivity contribution < 1.29 is 58.7 Å². The predicted octanol–water partition coefficient (Wildman–Crippen LogP) is 1.49. The molecule has 218 valence electrons. The molecule has 8 atom stereocenters. The Bertz CT molecular complexity index is 1260. The first-order chi connectivity index (χ1) is 19.0. The molecule has 5 rings (SSSR count). The van der Waals surface area contributed by atoms with E-state index in [-0.39, 0.29) is 11.5 Å². The minimum Gasteiger partial charge on any atom is -0.493 e. The Kier molecular flexibility index (Phi) is 7.73. The van der Waals surface area contributed by atoms with Crippen LogP contribution in [0.2, 0.25) is 0 Å². The van der Waals surface area contributed by atoms with E-state index < -0.39 is 55.0 Å². The fourth-order valence-electron chi connectivity index (χ4n) is 5.49. The van der Waals surface area contributed by atoms with Gasteiger partial charge in [0.1, 0.15) is 35.9 Å². The Balaban J connectivity index is 1.53. The lowest BCUT2D eigenvalue weighted by Crippen LogP contribution is -2.61. The molecule has 1 saturated heterocycles. The van der Waals surface area contributed by atoms with E-state index in [1.165, 1.54) is 20.3 Å². The number of ether oxygens (including phenoxy) is 6. The van der Waals surface area contributed by atoms with Gasteiger partial charge in [-0.1, -0.05) is 19.9 Å². The molecular weight excluding hydrogens is 528 g/mol. The van der Waals surface area contributed by atoms with E-state index >= 15 is 0 Å². The molecule has 1 fully saturated rings. The molecule has 0 spiro atoms. The van der Waals surface area contributed by atoms with Crippen molar-refractivity contribution in [2.45, 2.75) is 75.7 Å². The van der Waals surface area contributed by atoms with Crippen molar-refractivity contribution in [2.75, 3.05) is 14.2 Å². The number of carbonyl (C=O) groups is 1. The van der Waals surface area contributed by atoms with Crippen molar-refractivity contribution in [1.82, 2.24) is 0 Å². The first-order valence-electron chi connectivity index (χ1n) is 13.1. The zero-order valence-electron chi connectivity index (χ0n) is 22.5. The van der Waals surface area contributed by atoms with Gasteiger partial charge in [-0.15, -0.1) is 0 Å². The maximum atomic E-state index is 11.5. The second-order valence-corrected chi connectivity index (χ2v) is 10.6. The number of carboxylic acid groups (broad SMARTS) is 1. The SMILES string of the molecule is COc1ccc2c(c1OC)O[C@@H]1c3c(CCC(C)C)cc(O[C@H]4O[C@H](C(=O)O)[C@@H](O)[C@H](O)[C@H]4O)cc3O[C@H](O)[C@@H]21. The average Bonchev–Trinajstić information content (AvgIpc) is 3.31. The standard InChI is InChI=1S/C28H34O12/c1-11(2)5-6-12-9-13(37-28-21(31)19(29)20(30)25(40-28)26(32)33)10-16-17(12)24-18(27(34)38-16)14-7-8-15(35-3)23(36-4)22(14)39-24/h7-11,18-21,24-25,27-31,34H,5-6H2,1-4H3,(H,32,33)/t18-,19-,20-,21+,24+,25-,27-,28-/m0/s1. The summed E-state index contributed by atoms with van der Waals surface area (Å²) in [6, 6.07) is 6.76.